The van der Waals surface area contributed by atoms with Gasteiger partial charge in [-0.3, -0.25) is 4.79 Å². The number of rotatable bonds is 6. The molecule has 2 bridgehead atoms. The first-order chi connectivity index (χ1) is 10.2. The maximum atomic E-state index is 11.0. The number of fused-ring (bicyclic) bond motifs is 2. The van der Waals surface area contributed by atoms with Gasteiger partial charge in [0.15, 0.2) is 11.5 Å². The summed E-state index contributed by atoms with van der Waals surface area (Å²) in [5.74, 6) is 4.09. The number of aldehydes is 1. The molecule has 3 atom stereocenters. The number of ether oxygens (including phenoxy) is 3. The predicted molar refractivity (Wildman–Crippen MR) is 79.4 cm³/mol. The molecule has 2 aliphatic rings. The van der Waals surface area contributed by atoms with E-state index < -0.39 is 0 Å². The van der Waals surface area contributed by atoms with Gasteiger partial charge in [-0.15, -0.1) is 0 Å². The van der Waals surface area contributed by atoms with Crippen molar-refractivity contribution in [3.63, 3.8) is 0 Å². The first-order valence-electron chi connectivity index (χ1n) is 7.59. The molecule has 4 nitrogen and oxygen atoms in total. The summed E-state index contributed by atoms with van der Waals surface area (Å²) in [5, 5.41) is 0. The highest BCUT2D eigenvalue weighted by atomic mass is 16.5. The van der Waals surface area contributed by atoms with E-state index >= 15 is 0 Å². The van der Waals surface area contributed by atoms with Crippen LogP contribution in [0.5, 0.6) is 17.2 Å². The molecule has 21 heavy (non-hydrogen) atoms. The predicted octanol–water partition coefficient (Wildman–Crippen LogP) is 3.33. The van der Waals surface area contributed by atoms with Gasteiger partial charge in [0.1, 0.15) is 6.29 Å². The SMILES string of the molecule is COc1cc(C=O)cc(OC)c1OCC1CC2CCC1C2. The molecule has 3 rings (SSSR count). The summed E-state index contributed by atoms with van der Waals surface area (Å²) in [5.41, 5.74) is 0.524. The van der Waals surface area contributed by atoms with E-state index in [1.807, 2.05) is 0 Å². The van der Waals surface area contributed by atoms with Crippen LogP contribution in [0.1, 0.15) is 36.0 Å². The first kappa shape index (κ1) is 14.2. The van der Waals surface area contributed by atoms with E-state index in [1.54, 1.807) is 26.4 Å². The van der Waals surface area contributed by atoms with Crippen molar-refractivity contribution in [3.8, 4) is 17.2 Å². The normalized spacial score (nSPS) is 26.7. The van der Waals surface area contributed by atoms with Gasteiger partial charge in [-0.25, -0.2) is 0 Å². The van der Waals surface area contributed by atoms with Gasteiger partial charge in [0, 0.05) is 5.56 Å². The van der Waals surface area contributed by atoms with Gasteiger partial charge < -0.3 is 14.2 Å². The number of benzene rings is 1. The number of hydrogen-bond donors (Lipinski definition) is 0. The molecule has 114 valence electrons. The lowest BCUT2D eigenvalue weighted by Crippen LogP contribution is -2.19. The van der Waals surface area contributed by atoms with Crippen molar-refractivity contribution in [3.05, 3.63) is 17.7 Å². The van der Waals surface area contributed by atoms with E-state index in [-0.39, 0.29) is 0 Å². The second-order valence-corrected chi connectivity index (χ2v) is 6.12. The van der Waals surface area contributed by atoms with Crippen molar-refractivity contribution < 1.29 is 19.0 Å². The molecule has 2 fully saturated rings. The lowest BCUT2D eigenvalue weighted by atomic mass is 9.89. The van der Waals surface area contributed by atoms with Crippen LogP contribution in [0, 0.1) is 17.8 Å². The fourth-order valence-corrected chi connectivity index (χ4v) is 3.88. The van der Waals surface area contributed by atoms with E-state index in [2.05, 4.69) is 0 Å². The van der Waals surface area contributed by atoms with Crippen LogP contribution >= 0.6 is 0 Å². The molecule has 0 saturated heterocycles. The topological polar surface area (TPSA) is 44.8 Å². The molecule has 0 heterocycles. The van der Waals surface area contributed by atoms with E-state index in [0.29, 0.717) is 35.3 Å². The van der Waals surface area contributed by atoms with Crippen LogP contribution in [0.4, 0.5) is 0 Å². The summed E-state index contributed by atoms with van der Waals surface area (Å²) >= 11 is 0. The Morgan fingerprint density at radius 3 is 2.33 bits per heavy atom. The Kier molecular flexibility index (Phi) is 4.04. The third-order valence-electron chi connectivity index (χ3n) is 4.95. The Morgan fingerprint density at radius 1 is 1.14 bits per heavy atom. The molecule has 0 radical (unpaired) electrons. The monoisotopic (exact) mass is 290 g/mol. The zero-order valence-corrected chi connectivity index (χ0v) is 12.6. The van der Waals surface area contributed by atoms with Crippen molar-refractivity contribution in [2.24, 2.45) is 17.8 Å². The highest BCUT2D eigenvalue weighted by molar-refractivity contribution is 5.78. The highest BCUT2D eigenvalue weighted by Crippen LogP contribution is 2.49. The lowest BCUT2D eigenvalue weighted by Gasteiger charge is -2.23. The van der Waals surface area contributed by atoms with E-state index in [0.717, 1.165) is 18.1 Å². The van der Waals surface area contributed by atoms with Crippen LogP contribution in [0.2, 0.25) is 0 Å². The van der Waals surface area contributed by atoms with E-state index in [9.17, 15) is 4.79 Å². The summed E-state index contributed by atoms with van der Waals surface area (Å²) in [6.07, 6.45) is 6.16. The molecule has 0 aromatic heterocycles. The fourth-order valence-electron chi connectivity index (χ4n) is 3.88. The molecule has 0 spiro atoms. The smallest absolute Gasteiger partial charge is 0.203 e. The Balaban J connectivity index is 1.75. The summed E-state index contributed by atoms with van der Waals surface area (Å²) in [6.45, 7) is 0.703. The standard InChI is InChI=1S/C17H22O4/c1-19-15-7-12(9-18)8-16(20-2)17(15)21-10-14-6-11-3-4-13(14)5-11/h7-9,11,13-14H,3-6,10H2,1-2H3. The number of carbonyl (C=O) groups is 1. The van der Waals surface area contributed by atoms with Gasteiger partial charge >= 0.3 is 0 Å². The van der Waals surface area contributed by atoms with E-state index in [4.69, 9.17) is 14.2 Å². The number of methoxy groups -OCH3 is 2. The molecule has 3 unspecified atom stereocenters. The maximum Gasteiger partial charge on any atom is 0.203 e. The molecular weight excluding hydrogens is 268 g/mol. The van der Waals surface area contributed by atoms with Crippen molar-refractivity contribution >= 4 is 6.29 Å². The minimum absolute atomic E-state index is 0.524. The van der Waals surface area contributed by atoms with Gasteiger partial charge in [0.05, 0.1) is 20.8 Å². The average Bonchev–Trinajstić information content (AvgIpc) is 3.14. The highest BCUT2D eigenvalue weighted by Gasteiger charge is 2.39. The molecule has 4 heteroatoms. The molecule has 1 aromatic rings. The molecule has 0 aliphatic heterocycles. The summed E-state index contributed by atoms with van der Waals surface area (Å²) in [7, 11) is 3.15. The minimum atomic E-state index is 0.524. The molecular formula is C17H22O4. The quantitative estimate of drug-likeness (QED) is 0.754. The van der Waals surface area contributed by atoms with Crippen LogP contribution in [0.3, 0.4) is 0 Å². The summed E-state index contributed by atoms with van der Waals surface area (Å²) in [6, 6.07) is 3.37. The molecule has 1 aromatic carbocycles. The summed E-state index contributed by atoms with van der Waals surface area (Å²) < 4.78 is 16.7. The Labute approximate surface area is 125 Å². The zero-order chi connectivity index (χ0) is 14.8. The van der Waals surface area contributed by atoms with Crippen molar-refractivity contribution in [1.29, 1.82) is 0 Å². The third kappa shape index (κ3) is 2.71. The summed E-state index contributed by atoms with van der Waals surface area (Å²) in [4.78, 5) is 11.0. The Morgan fingerprint density at radius 2 is 1.86 bits per heavy atom. The van der Waals surface area contributed by atoms with Crippen molar-refractivity contribution in [2.75, 3.05) is 20.8 Å². The van der Waals surface area contributed by atoms with Crippen molar-refractivity contribution in [1.82, 2.24) is 0 Å². The molecule has 2 aliphatic carbocycles. The van der Waals surface area contributed by atoms with E-state index in [1.165, 1.54) is 25.7 Å². The average molecular weight is 290 g/mol. The van der Waals surface area contributed by atoms with Gasteiger partial charge in [-0.2, -0.15) is 0 Å². The van der Waals surface area contributed by atoms with Crippen LogP contribution in [-0.2, 0) is 0 Å². The van der Waals surface area contributed by atoms with Gasteiger partial charge in [-0.1, -0.05) is 6.42 Å². The Hall–Kier alpha value is -1.71. The second-order valence-electron chi connectivity index (χ2n) is 6.12. The molecule has 2 saturated carbocycles. The zero-order valence-electron chi connectivity index (χ0n) is 12.6. The van der Waals surface area contributed by atoms with Crippen LogP contribution < -0.4 is 14.2 Å². The fraction of sp³-hybridized carbons (Fsp3) is 0.588. The maximum absolute atomic E-state index is 11.0. The Bertz CT molecular complexity index is 501. The van der Waals surface area contributed by atoms with Gasteiger partial charge in [0.2, 0.25) is 5.75 Å². The molecule has 0 N–H and O–H groups in total. The molecule has 0 amide bonds. The third-order valence-corrected chi connectivity index (χ3v) is 4.95. The second kappa shape index (κ2) is 5.96. The van der Waals surface area contributed by atoms with Crippen molar-refractivity contribution in [2.45, 2.75) is 25.7 Å². The first-order valence-corrected chi connectivity index (χ1v) is 7.59. The lowest BCUT2D eigenvalue weighted by molar-refractivity contribution is 0.112. The van der Waals surface area contributed by atoms with Gasteiger partial charge in [-0.05, 0) is 49.1 Å². The van der Waals surface area contributed by atoms with Gasteiger partial charge in [0.25, 0.3) is 0 Å². The number of carbonyl (C=O) groups excluding carboxylic acids is 1. The minimum Gasteiger partial charge on any atom is -0.493 e. The van der Waals surface area contributed by atoms with Crippen LogP contribution in [-0.4, -0.2) is 27.1 Å². The van der Waals surface area contributed by atoms with Crippen LogP contribution in [0.15, 0.2) is 12.1 Å². The largest absolute Gasteiger partial charge is 0.493 e. The number of hydrogen-bond acceptors (Lipinski definition) is 4. The van der Waals surface area contributed by atoms with Crippen LogP contribution in [0.25, 0.3) is 0 Å².